The van der Waals surface area contributed by atoms with Gasteiger partial charge < -0.3 is 9.47 Å². The van der Waals surface area contributed by atoms with Crippen LogP contribution in [0, 0.1) is 125 Å². The van der Waals surface area contributed by atoms with E-state index in [-0.39, 0.29) is 11.9 Å². The molecule has 0 aliphatic heterocycles. The summed E-state index contributed by atoms with van der Waals surface area (Å²) < 4.78 is 12.9. The molecule has 0 unspecified atom stereocenters. The van der Waals surface area contributed by atoms with E-state index in [1.165, 1.54) is 22.3 Å². The average molecular weight is 671 g/mol. The van der Waals surface area contributed by atoms with Crippen LogP contribution in [-0.2, 0) is 0 Å². The van der Waals surface area contributed by atoms with Crippen LogP contribution in [0.25, 0.3) is 21.5 Å². The number of esters is 2. The number of rotatable bonds is 4. The zero-order valence-electron chi connectivity index (χ0n) is 33.6. The standard InChI is InChI=1S/C46H54O4/c1-19-21(3)25(7)39(26(8)22(19)4)45(47)49-43-33(15)31(13)37-29(11)30(12)38-32(14)34(16)44(36(18)42(38)41(37)35(43)17)50-46(48)40-27(9)23(5)20(2)24(6)28(40)10/h1-18H3. The maximum Gasteiger partial charge on any atom is 0.344 e. The van der Waals surface area contributed by atoms with Gasteiger partial charge in [0.2, 0.25) is 0 Å². The largest absolute Gasteiger partial charge is 0.422 e. The predicted molar refractivity (Wildman–Crippen MR) is 210 cm³/mol. The van der Waals surface area contributed by atoms with Crippen molar-refractivity contribution in [2.45, 2.75) is 125 Å². The van der Waals surface area contributed by atoms with E-state index in [1.807, 2.05) is 41.5 Å². The second-order valence-corrected chi connectivity index (χ2v) is 14.9. The molecule has 4 heteroatoms. The Labute approximate surface area is 299 Å². The minimum atomic E-state index is -0.336. The van der Waals surface area contributed by atoms with E-state index in [4.69, 9.17) is 9.47 Å². The van der Waals surface area contributed by atoms with Gasteiger partial charge in [0.25, 0.3) is 0 Å². The fourth-order valence-electron chi connectivity index (χ4n) is 8.40. The lowest BCUT2D eigenvalue weighted by Gasteiger charge is -2.25. The Morgan fingerprint density at radius 1 is 0.260 bits per heavy atom. The molecule has 5 rings (SSSR count). The van der Waals surface area contributed by atoms with Crippen molar-refractivity contribution in [3.05, 3.63) is 111 Å². The molecule has 0 saturated carbocycles. The fourth-order valence-corrected chi connectivity index (χ4v) is 8.40. The predicted octanol–water partition coefficient (Wildman–Crippen LogP) is 12.0. The molecule has 0 radical (unpaired) electrons. The molecule has 0 amide bonds. The summed E-state index contributed by atoms with van der Waals surface area (Å²) in [4.78, 5) is 28.3. The van der Waals surface area contributed by atoms with Crippen molar-refractivity contribution in [3.8, 4) is 11.5 Å². The number of aryl methyl sites for hydroxylation is 6. The van der Waals surface area contributed by atoms with Gasteiger partial charge in [-0.1, -0.05) is 0 Å². The van der Waals surface area contributed by atoms with Gasteiger partial charge >= 0.3 is 11.9 Å². The lowest BCUT2D eigenvalue weighted by atomic mass is 9.82. The van der Waals surface area contributed by atoms with Crippen molar-refractivity contribution in [2.24, 2.45) is 0 Å². The minimum absolute atomic E-state index is 0.336. The first-order valence-corrected chi connectivity index (χ1v) is 17.7. The average Bonchev–Trinajstić information content (AvgIpc) is 3.07. The molecular weight excluding hydrogens is 617 g/mol. The molecule has 0 aliphatic carbocycles. The topological polar surface area (TPSA) is 52.6 Å². The monoisotopic (exact) mass is 670 g/mol. The van der Waals surface area contributed by atoms with Crippen LogP contribution in [-0.4, -0.2) is 11.9 Å². The Balaban J connectivity index is 1.82. The Morgan fingerprint density at radius 3 is 0.740 bits per heavy atom. The Morgan fingerprint density at radius 2 is 0.480 bits per heavy atom. The second kappa shape index (κ2) is 12.7. The van der Waals surface area contributed by atoms with E-state index < -0.39 is 0 Å². The highest BCUT2D eigenvalue weighted by atomic mass is 16.5. The van der Waals surface area contributed by atoms with Gasteiger partial charge in [0.05, 0.1) is 11.1 Å². The van der Waals surface area contributed by atoms with Crippen LogP contribution in [0.1, 0.15) is 121 Å². The Kier molecular flexibility index (Phi) is 9.36. The van der Waals surface area contributed by atoms with Crippen LogP contribution in [0.15, 0.2) is 0 Å². The van der Waals surface area contributed by atoms with Gasteiger partial charge in [-0.15, -0.1) is 0 Å². The van der Waals surface area contributed by atoms with Crippen LogP contribution < -0.4 is 9.47 Å². The van der Waals surface area contributed by atoms with Crippen LogP contribution in [0.2, 0.25) is 0 Å². The van der Waals surface area contributed by atoms with Crippen molar-refractivity contribution in [2.75, 3.05) is 0 Å². The quantitative estimate of drug-likeness (QED) is 0.108. The van der Waals surface area contributed by atoms with E-state index in [1.54, 1.807) is 0 Å². The summed E-state index contributed by atoms with van der Waals surface area (Å²) in [6, 6.07) is 0. The summed E-state index contributed by atoms with van der Waals surface area (Å²) in [7, 11) is 0. The third kappa shape index (κ3) is 5.17. The van der Waals surface area contributed by atoms with Gasteiger partial charge in [0, 0.05) is 11.1 Å². The molecule has 0 spiro atoms. The highest BCUT2D eigenvalue weighted by Crippen LogP contribution is 2.47. The van der Waals surface area contributed by atoms with E-state index in [9.17, 15) is 9.59 Å². The van der Waals surface area contributed by atoms with Crippen molar-refractivity contribution >= 4 is 33.5 Å². The van der Waals surface area contributed by atoms with Gasteiger partial charge in [-0.25, -0.2) is 9.59 Å². The van der Waals surface area contributed by atoms with Crippen LogP contribution in [0.4, 0.5) is 0 Å². The summed E-state index contributed by atoms with van der Waals surface area (Å²) in [5.74, 6) is 0.508. The minimum Gasteiger partial charge on any atom is -0.422 e. The highest BCUT2D eigenvalue weighted by Gasteiger charge is 2.28. The van der Waals surface area contributed by atoms with Gasteiger partial charge in [-0.3, -0.25) is 0 Å². The van der Waals surface area contributed by atoms with E-state index in [0.717, 1.165) is 99.4 Å². The number of hydrogen-bond acceptors (Lipinski definition) is 4. The molecule has 5 aromatic carbocycles. The molecule has 4 nitrogen and oxygen atoms in total. The fraction of sp³-hybridized carbons (Fsp3) is 0.391. The zero-order valence-corrected chi connectivity index (χ0v) is 33.6. The van der Waals surface area contributed by atoms with Crippen molar-refractivity contribution in [3.63, 3.8) is 0 Å². The Hall–Kier alpha value is -4.44. The van der Waals surface area contributed by atoms with Gasteiger partial charge in [0.15, 0.2) is 0 Å². The van der Waals surface area contributed by atoms with Gasteiger partial charge in [-0.05, 0) is 235 Å². The lowest BCUT2D eigenvalue weighted by Crippen LogP contribution is -2.17. The smallest absolute Gasteiger partial charge is 0.344 e. The first kappa shape index (κ1) is 36.8. The molecule has 0 heterocycles. The molecule has 5 aromatic rings. The van der Waals surface area contributed by atoms with Crippen molar-refractivity contribution in [1.29, 1.82) is 0 Å². The number of fused-ring (bicyclic) bond motifs is 3. The summed E-state index contributed by atoms with van der Waals surface area (Å²) in [5.41, 5.74) is 20.2. The molecule has 0 bridgehead atoms. The molecule has 0 saturated heterocycles. The molecule has 0 fully saturated rings. The molecule has 0 aliphatic rings. The summed E-state index contributed by atoms with van der Waals surface area (Å²) >= 11 is 0. The number of ether oxygens (including phenoxy) is 2. The molecule has 50 heavy (non-hydrogen) atoms. The summed E-state index contributed by atoms with van der Waals surface area (Å²) in [5, 5.41) is 4.37. The maximum absolute atomic E-state index is 14.1. The highest BCUT2D eigenvalue weighted by molar-refractivity contribution is 6.17. The third-order valence-electron chi connectivity index (χ3n) is 12.8. The van der Waals surface area contributed by atoms with E-state index >= 15 is 0 Å². The molecular formula is C46H54O4. The normalized spacial score (nSPS) is 11.6. The summed E-state index contributed by atoms with van der Waals surface area (Å²) in [6.45, 7) is 37.4. The molecule has 0 aromatic heterocycles. The van der Waals surface area contributed by atoms with Crippen LogP contribution >= 0.6 is 0 Å². The second-order valence-electron chi connectivity index (χ2n) is 14.9. The maximum atomic E-state index is 14.1. The van der Waals surface area contributed by atoms with Gasteiger partial charge in [0.1, 0.15) is 11.5 Å². The number of benzene rings is 5. The van der Waals surface area contributed by atoms with Crippen LogP contribution in [0.5, 0.6) is 11.5 Å². The molecule has 262 valence electrons. The van der Waals surface area contributed by atoms with Crippen molar-refractivity contribution < 1.29 is 19.1 Å². The first-order chi connectivity index (χ1) is 23.2. The number of carbonyl (C=O) groups is 2. The number of hydrogen-bond donors (Lipinski definition) is 0. The SMILES string of the molecule is Cc1c(C)c(C)c(C(=O)Oc2c(C)c(C)c3c(C)c(C)c4c(C)c(C)c(OC(=O)c5c(C)c(C)c(C)c(C)c5C)c(C)c4c3c2C)c(C)c1C. The lowest BCUT2D eigenvalue weighted by molar-refractivity contribution is 0.0721. The molecule has 0 N–H and O–H groups in total. The van der Waals surface area contributed by atoms with Crippen molar-refractivity contribution in [1.82, 2.24) is 0 Å². The van der Waals surface area contributed by atoms with E-state index in [2.05, 4.69) is 83.1 Å². The summed E-state index contributed by atoms with van der Waals surface area (Å²) in [6.07, 6.45) is 0. The van der Waals surface area contributed by atoms with Gasteiger partial charge in [-0.2, -0.15) is 0 Å². The molecule has 0 atom stereocenters. The number of carbonyl (C=O) groups excluding carboxylic acids is 2. The third-order valence-corrected chi connectivity index (χ3v) is 12.8. The van der Waals surface area contributed by atoms with Crippen LogP contribution in [0.3, 0.4) is 0 Å². The zero-order chi connectivity index (χ0) is 37.6. The first-order valence-electron chi connectivity index (χ1n) is 17.7. The Bertz CT molecular complexity index is 2140. The van der Waals surface area contributed by atoms with E-state index in [0.29, 0.717) is 22.6 Å².